The Morgan fingerprint density at radius 3 is 2.62 bits per heavy atom. The van der Waals surface area contributed by atoms with Crippen molar-refractivity contribution in [3.63, 3.8) is 0 Å². The minimum atomic E-state index is 0.317. The first kappa shape index (κ1) is 24.5. The normalized spacial score (nSPS) is 17.3. The Labute approximate surface area is 225 Å². The smallest absolute Gasteiger partial charge is 0.374 e. The minimum absolute atomic E-state index is 0.317. The summed E-state index contributed by atoms with van der Waals surface area (Å²) in [5.41, 5.74) is 11.0. The summed E-state index contributed by atoms with van der Waals surface area (Å²) in [5.74, 6) is 0.952. The highest BCUT2D eigenvalue weighted by atomic mass is 32.1. The maximum Gasteiger partial charge on any atom is 0.374 e. The van der Waals surface area contributed by atoms with Gasteiger partial charge in [0, 0.05) is 41.2 Å². The molecule has 2 aromatic heterocycles. The van der Waals surface area contributed by atoms with Crippen molar-refractivity contribution in [1.82, 2.24) is 0 Å². The average Bonchev–Trinajstić information content (AvgIpc) is 3.50. The number of oxazole rings is 1. The number of aromatic nitrogens is 1. The number of allylic oxidation sites excluding steroid dienone is 3. The summed E-state index contributed by atoms with van der Waals surface area (Å²) in [5, 5.41) is 3.45. The van der Waals surface area contributed by atoms with Crippen molar-refractivity contribution in [2.75, 3.05) is 11.4 Å². The molecular formula is C33H39N2OS+. The van der Waals surface area contributed by atoms with Gasteiger partial charge in [0.15, 0.2) is 6.04 Å². The molecule has 0 saturated heterocycles. The van der Waals surface area contributed by atoms with E-state index in [-0.39, 0.29) is 0 Å². The summed E-state index contributed by atoms with van der Waals surface area (Å²) in [6, 6.07) is 12.1. The molecule has 0 fully saturated rings. The Morgan fingerprint density at radius 2 is 1.86 bits per heavy atom. The van der Waals surface area contributed by atoms with Crippen LogP contribution in [0.1, 0.15) is 88.4 Å². The number of fused-ring (bicyclic) bond motifs is 4. The summed E-state index contributed by atoms with van der Waals surface area (Å²) >= 11 is 1.78. The molecule has 1 aliphatic heterocycles. The molecule has 0 N–H and O–H groups in total. The molecular weight excluding hydrogens is 472 g/mol. The van der Waals surface area contributed by atoms with E-state index in [1.807, 2.05) is 0 Å². The molecule has 4 aromatic rings. The molecule has 0 amide bonds. The molecule has 0 unspecified atom stereocenters. The molecule has 3 heterocycles. The zero-order valence-electron chi connectivity index (χ0n) is 22.8. The fourth-order valence-corrected chi connectivity index (χ4v) is 7.15. The summed E-state index contributed by atoms with van der Waals surface area (Å²) in [4.78, 5) is 2.55. The van der Waals surface area contributed by atoms with Gasteiger partial charge in [-0.1, -0.05) is 25.8 Å². The van der Waals surface area contributed by atoms with E-state index in [4.69, 9.17) is 4.42 Å². The molecule has 0 bridgehead atoms. The lowest BCUT2D eigenvalue weighted by Gasteiger charge is -2.21. The molecule has 192 valence electrons. The van der Waals surface area contributed by atoms with E-state index in [0.717, 1.165) is 37.3 Å². The molecule has 0 saturated carbocycles. The van der Waals surface area contributed by atoms with Gasteiger partial charge in [0.25, 0.3) is 5.52 Å². The highest BCUT2D eigenvalue weighted by Crippen LogP contribution is 2.39. The van der Waals surface area contributed by atoms with E-state index in [1.165, 1.54) is 70.2 Å². The van der Waals surface area contributed by atoms with E-state index in [2.05, 4.69) is 85.0 Å². The lowest BCUT2D eigenvalue weighted by atomic mass is 9.98. The number of anilines is 1. The van der Waals surface area contributed by atoms with Gasteiger partial charge in [-0.2, -0.15) is 4.57 Å². The first-order valence-corrected chi connectivity index (χ1v) is 15.1. The summed E-state index contributed by atoms with van der Waals surface area (Å²) in [6.45, 7) is 10.1. The molecule has 0 spiro atoms. The molecule has 4 heteroatoms. The van der Waals surface area contributed by atoms with E-state index in [9.17, 15) is 0 Å². The van der Waals surface area contributed by atoms with Gasteiger partial charge in [0.1, 0.15) is 0 Å². The van der Waals surface area contributed by atoms with Crippen LogP contribution in [0.15, 0.2) is 57.5 Å². The van der Waals surface area contributed by atoms with Gasteiger partial charge in [-0.15, -0.1) is 11.3 Å². The van der Waals surface area contributed by atoms with Crippen LogP contribution >= 0.6 is 11.3 Å². The second-order valence-corrected chi connectivity index (χ2v) is 12.0. The number of nitrogens with zero attached hydrogens (tertiary/aromatic N) is 2. The number of thiophene rings is 1. The molecule has 2 aromatic carbocycles. The largest absolute Gasteiger partial charge is 0.398 e. The van der Waals surface area contributed by atoms with Crippen molar-refractivity contribution in [3.8, 4) is 0 Å². The Hall–Kier alpha value is -2.85. The molecule has 1 aliphatic carbocycles. The number of hydrogen-bond acceptors (Lipinski definition) is 3. The third-order valence-electron chi connectivity index (χ3n) is 8.08. The van der Waals surface area contributed by atoms with E-state index in [1.54, 1.807) is 22.5 Å². The number of hydrogen-bond donors (Lipinski definition) is 0. The molecule has 6 rings (SSSR count). The maximum atomic E-state index is 6.52. The van der Waals surface area contributed by atoms with Crippen LogP contribution in [0, 0.1) is 0 Å². The van der Waals surface area contributed by atoms with Gasteiger partial charge in [-0.3, -0.25) is 0 Å². The van der Waals surface area contributed by atoms with Gasteiger partial charge >= 0.3 is 5.89 Å². The van der Waals surface area contributed by atoms with E-state index in [0.29, 0.717) is 6.04 Å². The Bertz CT molecular complexity index is 1520. The van der Waals surface area contributed by atoms with E-state index >= 15 is 0 Å². The van der Waals surface area contributed by atoms with Gasteiger partial charge < -0.3 is 9.32 Å². The topological polar surface area (TPSA) is 20.3 Å². The zero-order valence-corrected chi connectivity index (χ0v) is 23.6. The van der Waals surface area contributed by atoms with Crippen molar-refractivity contribution in [2.45, 2.75) is 85.1 Å². The van der Waals surface area contributed by atoms with Crippen molar-refractivity contribution in [2.24, 2.45) is 0 Å². The van der Waals surface area contributed by atoms with Crippen LogP contribution in [0.25, 0.3) is 27.3 Å². The SMILES string of the molecule is CCCC(=Cc1oc2cc3sccc3cc2[n+]1C(C)C)C=C1Cc2cc3c(cc2N1CC)CCCCC3. The zero-order chi connectivity index (χ0) is 25.5. The first-order valence-electron chi connectivity index (χ1n) is 14.2. The highest BCUT2D eigenvalue weighted by molar-refractivity contribution is 7.17. The second-order valence-electron chi connectivity index (χ2n) is 11.0. The monoisotopic (exact) mass is 511 g/mol. The van der Waals surface area contributed by atoms with Gasteiger partial charge in [0.2, 0.25) is 5.58 Å². The maximum absolute atomic E-state index is 6.52. The predicted octanol–water partition coefficient (Wildman–Crippen LogP) is 8.93. The molecule has 3 nitrogen and oxygen atoms in total. The van der Waals surface area contributed by atoms with E-state index < -0.39 is 0 Å². The third kappa shape index (κ3) is 4.54. The number of rotatable bonds is 6. The Balaban J connectivity index is 1.41. The van der Waals surface area contributed by atoms with Crippen molar-refractivity contribution < 1.29 is 8.98 Å². The number of aryl methyl sites for hydroxylation is 2. The fourth-order valence-electron chi connectivity index (χ4n) is 6.35. The van der Waals surface area contributed by atoms with Crippen molar-refractivity contribution in [3.05, 3.63) is 75.6 Å². The van der Waals surface area contributed by atoms with Gasteiger partial charge in [-0.05, 0) is 104 Å². The van der Waals surface area contributed by atoms with Crippen molar-refractivity contribution in [1.29, 1.82) is 0 Å². The summed E-state index contributed by atoms with van der Waals surface area (Å²) < 4.78 is 10.2. The van der Waals surface area contributed by atoms with Crippen LogP contribution < -0.4 is 9.47 Å². The summed E-state index contributed by atoms with van der Waals surface area (Å²) in [7, 11) is 0. The lowest BCUT2D eigenvalue weighted by molar-refractivity contribution is -0.697. The van der Waals surface area contributed by atoms with Crippen molar-refractivity contribution >= 4 is 44.3 Å². The molecule has 0 atom stereocenters. The first-order chi connectivity index (χ1) is 18.1. The summed E-state index contributed by atoms with van der Waals surface area (Å²) in [6.07, 6.45) is 14.4. The minimum Gasteiger partial charge on any atom is -0.398 e. The second kappa shape index (κ2) is 10.1. The van der Waals surface area contributed by atoms with Gasteiger partial charge in [0.05, 0.1) is 6.08 Å². The quantitative estimate of drug-likeness (QED) is 0.190. The van der Waals surface area contributed by atoms with Crippen LogP contribution in [0.4, 0.5) is 5.69 Å². The lowest BCUT2D eigenvalue weighted by Crippen LogP contribution is -2.37. The fraction of sp³-hybridized carbons (Fsp3) is 0.424. The van der Waals surface area contributed by atoms with Crippen LogP contribution in [0.3, 0.4) is 0 Å². The standard InChI is InChI=1S/C33H39N2OS/c1-5-10-23(16-33-35(22(3)4)30-20-26-13-14-37-32(26)21-31(30)36-33)15-28-18-27-17-24-11-8-7-9-12-25(24)19-29(27)34(28)6-2/h13-17,19-22H,5-12,18H2,1-4H3/q+1. The van der Waals surface area contributed by atoms with Crippen LogP contribution in [0.5, 0.6) is 0 Å². The third-order valence-corrected chi connectivity index (χ3v) is 8.96. The van der Waals surface area contributed by atoms with Crippen LogP contribution in [-0.4, -0.2) is 6.54 Å². The molecule has 2 aliphatic rings. The molecule has 37 heavy (non-hydrogen) atoms. The highest BCUT2D eigenvalue weighted by Gasteiger charge is 2.27. The number of likely N-dealkylation sites (N-methyl/N-ethyl adjacent to an activating group) is 1. The predicted molar refractivity (Wildman–Crippen MR) is 158 cm³/mol. The van der Waals surface area contributed by atoms with Crippen LogP contribution in [0.2, 0.25) is 0 Å². The Morgan fingerprint density at radius 1 is 1.05 bits per heavy atom. The Kier molecular flexibility index (Phi) is 6.71. The van der Waals surface area contributed by atoms with Gasteiger partial charge in [-0.25, -0.2) is 0 Å². The molecule has 0 radical (unpaired) electrons. The number of benzene rings is 2. The van der Waals surface area contributed by atoms with Crippen LogP contribution in [-0.2, 0) is 19.3 Å². The average molecular weight is 512 g/mol.